The molecular weight excluding hydrogens is 196 g/mol. The second kappa shape index (κ2) is 4.12. The molecule has 0 radical (unpaired) electrons. The summed E-state index contributed by atoms with van der Waals surface area (Å²) < 4.78 is 2.29. The molecular formula is C14H18N2. The van der Waals surface area contributed by atoms with Gasteiger partial charge in [0.1, 0.15) is 0 Å². The Morgan fingerprint density at radius 2 is 1.88 bits per heavy atom. The molecule has 0 saturated heterocycles. The monoisotopic (exact) mass is 214 g/mol. The first-order valence-corrected chi connectivity index (χ1v) is 5.61. The van der Waals surface area contributed by atoms with Crippen molar-refractivity contribution in [3.63, 3.8) is 0 Å². The SMILES string of the molecule is Cc1cncc(Cn2cc(C)c(C)c2C)c1. The van der Waals surface area contributed by atoms with Crippen LogP contribution in [0.15, 0.2) is 24.7 Å². The van der Waals surface area contributed by atoms with E-state index < -0.39 is 0 Å². The molecule has 2 aromatic rings. The van der Waals surface area contributed by atoms with E-state index in [2.05, 4.69) is 49.5 Å². The van der Waals surface area contributed by atoms with Crippen LogP contribution in [-0.4, -0.2) is 9.55 Å². The zero-order valence-corrected chi connectivity index (χ0v) is 10.4. The van der Waals surface area contributed by atoms with Gasteiger partial charge in [-0.05, 0) is 49.9 Å². The second-order valence-corrected chi connectivity index (χ2v) is 4.52. The molecule has 0 atom stereocenters. The van der Waals surface area contributed by atoms with Crippen LogP contribution in [0.2, 0.25) is 0 Å². The Labute approximate surface area is 97.0 Å². The van der Waals surface area contributed by atoms with Crippen LogP contribution >= 0.6 is 0 Å². The topological polar surface area (TPSA) is 17.8 Å². The smallest absolute Gasteiger partial charge is 0.0488 e. The van der Waals surface area contributed by atoms with Crippen molar-refractivity contribution in [2.45, 2.75) is 34.2 Å². The molecule has 0 aromatic carbocycles. The summed E-state index contributed by atoms with van der Waals surface area (Å²) in [5.74, 6) is 0. The van der Waals surface area contributed by atoms with Gasteiger partial charge in [0.25, 0.3) is 0 Å². The van der Waals surface area contributed by atoms with Crippen molar-refractivity contribution in [3.05, 3.63) is 52.6 Å². The van der Waals surface area contributed by atoms with Gasteiger partial charge in [0, 0.05) is 30.8 Å². The van der Waals surface area contributed by atoms with Crippen molar-refractivity contribution < 1.29 is 0 Å². The molecule has 2 heterocycles. The lowest BCUT2D eigenvalue weighted by Crippen LogP contribution is -2.01. The van der Waals surface area contributed by atoms with Crippen molar-refractivity contribution in [1.82, 2.24) is 9.55 Å². The number of aromatic nitrogens is 2. The largest absolute Gasteiger partial charge is 0.347 e. The number of hydrogen-bond acceptors (Lipinski definition) is 1. The minimum absolute atomic E-state index is 0.912. The van der Waals surface area contributed by atoms with E-state index in [4.69, 9.17) is 0 Å². The Kier molecular flexibility index (Phi) is 2.82. The average molecular weight is 214 g/mol. The minimum Gasteiger partial charge on any atom is -0.347 e. The molecule has 0 aliphatic rings. The summed E-state index contributed by atoms with van der Waals surface area (Å²) in [6.45, 7) is 9.50. The molecule has 16 heavy (non-hydrogen) atoms. The highest BCUT2D eigenvalue weighted by atomic mass is 15.0. The highest BCUT2D eigenvalue weighted by Crippen LogP contribution is 2.16. The Bertz CT molecular complexity index is 509. The Hall–Kier alpha value is -1.57. The zero-order chi connectivity index (χ0) is 11.7. The predicted octanol–water partition coefficient (Wildman–Crippen LogP) is 3.17. The molecule has 0 spiro atoms. The molecule has 0 unspecified atom stereocenters. The van der Waals surface area contributed by atoms with Crippen LogP contribution in [0.5, 0.6) is 0 Å². The summed E-state index contributed by atoms with van der Waals surface area (Å²) in [7, 11) is 0. The first-order valence-electron chi connectivity index (χ1n) is 5.61. The number of rotatable bonds is 2. The van der Waals surface area contributed by atoms with Crippen molar-refractivity contribution in [3.8, 4) is 0 Å². The number of hydrogen-bond donors (Lipinski definition) is 0. The summed E-state index contributed by atoms with van der Waals surface area (Å²) in [6.07, 6.45) is 6.05. The molecule has 2 nitrogen and oxygen atoms in total. The molecule has 2 rings (SSSR count). The molecule has 84 valence electrons. The fourth-order valence-electron chi connectivity index (χ4n) is 1.99. The van der Waals surface area contributed by atoms with Gasteiger partial charge in [-0.25, -0.2) is 0 Å². The third-order valence-corrected chi connectivity index (χ3v) is 3.20. The molecule has 0 fully saturated rings. The highest BCUT2D eigenvalue weighted by molar-refractivity contribution is 5.30. The van der Waals surface area contributed by atoms with Gasteiger partial charge in [-0.1, -0.05) is 6.07 Å². The number of aryl methyl sites for hydroxylation is 2. The summed E-state index contributed by atoms with van der Waals surface area (Å²) in [5.41, 5.74) is 6.58. The normalized spacial score (nSPS) is 10.8. The first-order chi connectivity index (χ1) is 7.58. The van der Waals surface area contributed by atoms with Gasteiger partial charge in [-0.15, -0.1) is 0 Å². The lowest BCUT2D eigenvalue weighted by Gasteiger charge is -2.07. The minimum atomic E-state index is 0.912. The van der Waals surface area contributed by atoms with Crippen LogP contribution in [0.1, 0.15) is 27.9 Å². The Balaban J connectivity index is 2.30. The maximum Gasteiger partial charge on any atom is 0.0488 e. The van der Waals surface area contributed by atoms with Crippen LogP contribution in [0.3, 0.4) is 0 Å². The van der Waals surface area contributed by atoms with E-state index in [0.717, 1.165) is 6.54 Å². The van der Waals surface area contributed by atoms with Gasteiger partial charge in [-0.3, -0.25) is 4.98 Å². The summed E-state index contributed by atoms with van der Waals surface area (Å²) >= 11 is 0. The fraction of sp³-hybridized carbons (Fsp3) is 0.357. The van der Waals surface area contributed by atoms with Gasteiger partial charge >= 0.3 is 0 Å². The van der Waals surface area contributed by atoms with Crippen molar-refractivity contribution in [2.75, 3.05) is 0 Å². The number of nitrogens with zero attached hydrogens (tertiary/aromatic N) is 2. The standard InChI is InChI=1S/C14H18N2/c1-10-5-14(7-15-6-10)9-16-8-11(2)12(3)13(16)4/h5-8H,9H2,1-4H3. The van der Waals surface area contributed by atoms with Gasteiger partial charge in [0.15, 0.2) is 0 Å². The van der Waals surface area contributed by atoms with Gasteiger partial charge in [-0.2, -0.15) is 0 Å². The molecule has 0 amide bonds. The van der Waals surface area contributed by atoms with Gasteiger partial charge < -0.3 is 4.57 Å². The molecule has 2 aromatic heterocycles. The molecule has 0 N–H and O–H groups in total. The van der Waals surface area contributed by atoms with Crippen LogP contribution in [-0.2, 0) is 6.54 Å². The van der Waals surface area contributed by atoms with Gasteiger partial charge in [0.05, 0.1) is 0 Å². The first kappa shape index (κ1) is 10.9. The fourth-order valence-corrected chi connectivity index (χ4v) is 1.99. The molecule has 0 bridgehead atoms. The maximum absolute atomic E-state index is 4.23. The summed E-state index contributed by atoms with van der Waals surface area (Å²) in [6, 6.07) is 2.19. The van der Waals surface area contributed by atoms with E-state index in [1.165, 1.54) is 27.9 Å². The molecule has 2 heteroatoms. The van der Waals surface area contributed by atoms with E-state index in [9.17, 15) is 0 Å². The van der Waals surface area contributed by atoms with Crippen molar-refractivity contribution >= 4 is 0 Å². The van der Waals surface area contributed by atoms with E-state index in [0.29, 0.717) is 0 Å². The lowest BCUT2D eigenvalue weighted by atomic mass is 10.2. The third kappa shape index (κ3) is 2.01. The van der Waals surface area contributed by atoms with E-state index in [-0.39, 0.29) is 0 Å². The van der Waals surface area contributed by atoms with Crippen LogP contribution in [0.25, 0.3) is 0 Å². The second-order valence-electron chi connectivity index (χ2n) is 4.52. The molecule has 0 aliphatic heterocycles. The van der Waals surface area contributed by atoms with E-state index >= 15 is 0 Å². The van der Waals surface area contributed by atoms with Gasteiger partial charge in [0.2, 0.25) is 0 Å². The lowest BCUT2D eigenvalue weighted by molar-refractivity contribution is 0.768. The quantitative estimate of drug-likeness (QED) is 0.751. The summed E-state index contributed by atoms with van der Waals surface area (Å²) in [5, 5.41) is 0. The van der Waals surface area contributed by atoms with Crippen LogP contribution < -0.4 is 0 Å². The third-order valence-electron chi connectivity index (χ3n) is 3.20. The zero-order valence-electron chi connectivity index (χ0n) is 10.4. The Morgan fingerprint density at radius 3 is 2.44 bits per heavy atom. The van der Waals surface area contributed by atoms with Crippen LogP contribution in [0.4, 0.5) is 0 Å². The highest BCUT2D eigenvalue weighted by Gasteiger charge is 2.05. The number of pyridine rings is 1. The molecule has 0 saturated carbocycles. The van der Waals surface area contributed by atoms with Crippen molar-refractivity contribution in [2.24, 2.45) is 0 Å². The van der Waals surface area contributed by atoms with Crippen LogP contribution in [0, 0.1) is 27.7 Å². The maximum atomic E-state index is 4.23. The van der Waals surface area contributed by atoms with Crippen molar-refractivity contribution in [1.29, 1.82) is 0 Å². The van der Waals surface area contributed by atoms with E-state index in [1.54, 1.807) is 0 Å². The Morgan fingerprint density at radius 1 is 1.12 bits per heavy atom. The summed E-state index contributed by atoms with van der Waals surface area (Å²) in [4.78, 5) is 4.23. The predicted molar refractivity (Wildman–Crippen MR) is 66.7 cm³/mol. The average Bonchev–Trinajstić information content (AvgIpc) is 2.47. The molecule has 0 aliphatic carbocycles. The van der Waals surface area contributed by atoms with E-state index in [1.807, 2.05) is 12.4 Å².